The first-order chi connectivity index (χ1) is 5.63. The van der Waals surface area contributed by atoms with Crippen LogP contribution in [-0.2, 0) is 0 Å². The molecule has 0 bridgehead atoms. The summed E-state index contributed by atoms with van der Waals surface area (Å²) in [6.45, 7) is 7.39. The second kappa shape index (κ2) is 5.15. The monoisotopic (exact) mass is 188 g/mol. The van der Waals surface area contributed by atoms with Gasteiger partial charge in [0.2, 0.25) is 0 Å². The smallest absolute Gasteiger partial charge is 0.130 e. The number of benzene rings is 1. The Hall–Kier alpha value is -0.560. The van der Waals surface area contributed by atoms with Gasteiger partial charge in [0, 0.05) is 10.6 Å². The van der Waals surface area contributed by atoms with Crippen LogP contribution in [0, 0.1) is 19.7 Å². The largest absolute Gasteiger partial charge is 0.206 e. The molecule has 0 atom stereocenters. The van der Waals surface area contributed by atoms with Crippen molar-refractivity contribution in [3.05, 3.63) is 34.1 Å². The first kappa shape index (κ1) is 11.4. The summed E-state index contributed by atoms with van der Waals surface area (Å²) in [5, 5.41) is 0.489. The highest BCUT2D eigenvalue weighted by Crippen LogP contribution is 2.19. The number of hydrogen-bond donors (Lipinski definition) is 0. The molecule has 0 saturated carbocycles. The molecule has 0 N–H and O–H groups in total. The summed E-state index contributed by atoms with van der Waals surface area (Å²) in [6, 6.07) is 3.37. The molecule has 1 aromatic carbocycles. The molecule has 0 aromatic heterocycles. The average molecular weight is 189 g/mol. The Morgan fingerprint density at radius 3 is 2.08 bits per heavy atom. The Bertz CT molecular complexity index is 229. The third-order valence-electron chi connectivity index (χ3n) is 1.51. The van der Waals surface area contributed by atoms with Gasteiger partial charge in [0.1, 0.15) is 5.82 Å². The van der Waals surface area contributed by atoms with Gasteiger partial charge in [-0.05, 0) is 25.5 Å². The molecule has 0 unspecified atom stereocenters. The van der Waals surface area contributed by atoms with Crippen molar-refractivity contribution in [1.29, 1.82) is 0 Å². The Balaban J connectivity index is 0.000000561. The van der Waals surface area contributed by atoms with E-state index < -0.39 is 0 Å². The van der Waals surface area contributed by atoms with Gasteiger partial charge in [-0.2, -0.15) is 0 Å². The van der Waals surface area contributed by atoms with Crippen molar-refractivity contribution < 1.29 is 4.39 Å². The predicted molar refractivity (Wildman–Crippen MR) is 52.2 cm³/mol. The van der Waals surface area contributed by atoms with Crippen LogP contribution in [0.25, 0.3) is 0 Å². The van der Waals surface area contributed by atoms with E-state index in [1.165, 1.54) is 0 Å². The minimum atomic E-state index is -0.201. The summed E-state index contributed by atoms with van der Waals surface area (Å²) >= 11 is 5.65. The van der Waals surface area contributed by atoms with Crippen LogP contribution in [0.5, 0.6) is 0 Å². The maximum absolute atomic E-state index is 12.9. The van der Waals surface area contributed by atoms with Crippen molar-refractivity contribution in [2.45, 2.75) is 27.7 Å². The van der Waals surface area contributed by atoms with E-state index in [2.05, 4.69) is 0 Å². The Kier molecular flexibility index (Phi) is 4.91. The van der Waals surface area contributed by atoms with Crippen molar-refractivity contribution in [3.8, 4) is 0 Å². The lowest BCUT2D eigenvalue weighted by atomic mass is 10.1. The zero-order valence-electron chi connectivity index (χ0n) is 7.91. The predicted octanol–water partition coefficient (Wildman–Crippen LogP) is 4.12. The average Bonchev–Trinajstić information content (AvgIpc) is 2.12. The fraction of sp³-hybridized carbons (Fsp3) is 0.400. The third kappa shape index (κ3) is 2.49. The van der Waals surface area contributed by atoms with Gasteiger partial charge in [-0.3, -0.25) is 0 Å². The molecule has 0 aliphatic heterocycles. The number of aryl methyl sites for hydroxylation is 1. The lowest BCUT2D eigenvalue weighted by Gasteiger charge is -2.00. The fourth-order valence-corrected chi connectivity index (χ4v) is 0.943. The van der Waals surface area contributed by atoms with Crippen molar-refractivity contribution in [2.24, 2.45) is 0 Å². The van der Waals surface area contributed by atoms with E-state index in [0.717, 1.165) is 0 Å². The SMILES string of the molecule is CC.Cc1ccc(Cl)c(C)c1F. The van der Waals surface area contributed by atoms with E-state index in [4.69, 9.17) is 11.6 Å². The molecule has 0 radical (unpaired) electrons. The van der Waals surface area contributed by atoms with Gasteiger partial charge in [-0.15, -0.1) is 0 Å². The summed E-state index contributed by atoms with van der Waals surface area (Å²) in [7, 11) is 0. The molecule has 0 nitrogen and oxygen atoms in total. The maximum Gasteiger partial charge on any atom is 0.130 e. The summed E-state index contributed by atoms with van der Waals surface area (Å²) < 4.78 is 12.9. The highest BCUT2D eigenvalue weighted by atomic mass is 35.5. The van der Waals surface area contributed by atoms with Gasteiger partial charge < -0.3 is 0 Å². The van der Waals surface area contributed by atoms with Crippen LogP contribution in [-0.4, -0.2) is 0 Å². The van der Waals surface area contributed by atoms with Gasteiger partial charge in [-0.25, -0.2) is 4.39 Å². The minimum Gasteiger partial charge on any atom is -0.206 e. The molecule has 1 rings (SSSR count). The van der Waals surface area contributed by atoms with Gasteiger partial charge in [0.05, 0.1) is 0 Å². The molecular weight excluding hydrogens is 175 g/mol. The zero-order chi connectivity index (χ0) is 9.72. The molecule has 12 heavy (non-hydrogen) atoms. The molecule has 0 saturated heterocycles. The molecule has 0 amide bonds. The summed E-state index contributed by atoms with van der Waals surface area (Å²) in [5.41, 5.74) is 1.17. The quantitative estimate of drug-likeness (QED) is 0.575. The standard InChI is InChI=1S/C8H8ClF.C2H6/c1-5-3-4-7(9)6(2)8(5)10;1-2/h3-4H,1-2H3;1-2H3. The lowest BCUT2D eigenvalue weighted by molar-refractivity contribution is 0.609. The second-order valence-corrected chi connectivity index (χ2v) is 2.71. The highest BCUT2D eigenvalue weighted by Gasteiger charge is 2.03. The van der Waals surface area contributed by atoms with Crippen molar-refractivity contribution in [1.82, 2.24) is 0 Å². The van der Waals surface area contributed by atoms with Crippen LogP contribution in [0.1, 0.15) is 25.0 Å². The van der Waals surface area contributed by atoms with E-state index in [1.54, 1.807) is 26.0 Å². The Morgan fingerprint density at radius 1 is 1.17 bits per heavy atom. The second-order valence-electron chi connectivity index (χ2n) is 2.30. The fourth-order valence-electron chi connectivity index (χ4n) is 0.797. The van der Waals surface area contributed by atoms with Crippen molar-refractivity contribution >= 4 is 11.6 Å². The molecule has 0 fully saturated rings. The summed E-state index contributed by atoms with van der Waals surface area (Å²) in [5.74, 6) is -0.201. The highest BCUT2D eigenvalue weighted by molar-refractivity contribution is 6.31. The molecule has 2 heteroatoms. The maximum atomic E-state index is 12.9. The molecular formula is C10H14ClF. The van der Waals surface area contributed by atoms with E-state index in [-0.39, 0.29) is 5.82 Å². The normalized spacial score (nSPS) is 8.83. The number of halogens is 2. The van der Waals surface area contributed by atoms with Crippen LogP contribution < -0.4 is 0 Å². The third-order valence-corrected chi connectivity index (χ3v) is 1.92. The number of hydrogen-bond acceptors (Lipinski definition) is 0. The molecule has 0 aliphatic carbocycles. The molecule has 1 aromatic rings. The molecule has 68 valence electrons. The van der Waals surface area contributed by atoms with Crippen molar-refractivity contribution in [2.75, 3.05) is 0 Å². The number of rotatable bonds is 0. The van der Waals surface area contributed by atoms with Crippen LogP contribution in [0.15, 0.2) is 12.1 Å². The minimum absolute atomic E-state index is 0.201. The first-order valence-corrected chi connectivity index (χ1v) is 4.42. The molecule has 0 spiro atoms. The van der Waals surface area contributed by atoms with Gasteiger partial charge in [0.15, 0.2) is 0 Å². The summed E-state index contributed by atoms with van der Waals surface area (Å²) in [6.07, 6.45) is 0. The van der Waals surface area contributed by atoms with Crippen LogP contribution in [0.3, 0.4) is 0 Å². The van der Waals surface area contributed by atoms with E-state index in [9.17, 15) is 4.39 Å². The molecule has 0 aliphatic rings. The Labute approximate surface area is 78.4 Å². The van der Waals surface area contributed by atoms with Crippen LogP contribution >= 0.6 is 11.6 Å². The van der Waals surface area contributed by atoms with E-state index in [0.29, 0.717) is 16.1 Å². The molecule has 0 heterocycles. The van der Waals surface area contributed by atoms with Crippen LogP contribution in [0.4, 0.5) is 4.39 Å². The topological polar surface area (TPSA) is 0 Å². The summed E-state index contributed by atoms with van der Waals surface area (Å²) in [4.78, 5) is 0. The van der Waals surface area contributed by atoms with Crippen molar-refractivity contribution in [3.63, 3.8) is 0 Å². The lowest BCUT2D eigenvalue weighted by Crippen LogP contribution is -1.87. The van der Waals surface area contributed by atoms with Gasteiger partial charge in [0.25, 0.3) is 0 Å². The van der Waals surface area contributed by atoms with Gasteiger partial charge in [-0.1, -0.05) is 31.5 Å². The zero-order valence-corrected chi connectivity index (χ0v) is 8.67. The van der Waals surface area contributed by atoms with E-state index >= 15 is 0 Å². The first-order valence-electron chi connectivity index (χ1n) is 4.04. The van der Waals surface area contributed by atoms with Gasteiger partial charge >= 0.3 is 0 Å². The Morgan fingerprint density at radius 2 is 1.67 bits per heavy atom. The van der Waals surface area contributed by atoms with Crippen LogP contribution in [0.2, 0.25) is 5.02 Å². The van der Waals surface area contributed by atoms with E-state index in [1.807, 2.05) is 13.8 Å².